The molecule has 3 nitrogen and oxygen atoms in total. The van der Waals surface area contributed by atoms with Gasteiger partial charge in [-0.3, -0.25) is 0 Å². The molecule has 2 aromatic rings. The molecule has 0 aliphatic heterocycles. The molecule has 0 fully saturated rings. The van der Waals surface area contributed by atoms with Crippen LogP contribution in [0.4, 0.5) is 0 Å². The van der Waals surface area contributed by atoms with Crippen molar-refractivity contribution in [3.05, 3.63) is 35.2 Å². The summed E-state index contributed by atoms with van der Waals surface area (Å²) in [5.74, 6) is 1.91. The van der Waals surface area contributed by atoms with E-state index in [1.165, 1.54) is 36.0 Å². The van der Waals surface area contributed by atoms with Crippen molar-refractivity contribution in [2.45, 2.75) is 24.6 Å². The molecule has 0 saturated carbocycles. The SMILES string of the molecule is Cn1c(CBr)nnc1-c1ccc2c(c1)CCC2. The Labute approximate surface area is 109 Å². The number of hydrogen-bond donors (Lipinski definition) is 0. The van der Waals surface area contributed by atoms with Crippen LogP contribution in [-0.2, 0) is 25.2 Å². The van der Waals surface area contributed by atoms with Gasteiger partial charge in [-0.2, -0.15) is 0 Å². The standard InChI is InChI=1S/C13H14BrN3/c1-17-12(8-14)15-16-13(17)11-6-5-9-3-2-4-10(9)7-11/h5-7H,2-4,8H2,1H3. The first kappa shape index (κ1) is 11.0. The Balaban J connectivity index is 2.06. The Morgan fingerprint density at radius 2 is 2.06 bits per heavy atom. The molecule has 0 amide bonds. The summed E-state index contributed by atoms with van der Waals surface area (Å²) in [4.78, 5) is 0. The van der Waals surface area contributed by atoms with E-state index in [1.54, 1.807) is 0 Å². The maximum atomic E-state index is 4.27. The largest absolute Gasteiger partial charge is 0.313 e. The number of rotatable bonds is 2. The Morgan fingerprint density at radius 1 is 1.24 bits per heavy atom. The second kappa shape index (κ2) is 4.26. The van der Waals surface area contributed by atoms with Crippen molar-refractivity contribution >= 4 is 15.9 Å². The van der Waals surface area contributed by atoms with E-state index in [9.17, 15) is 0 Å². The van der Waals surface area contributed by atoms with Crippen molar-refractivity contribution in [2.75, 3.05) is 0 Å². The van der Waals surface area contributed by atoms with Gasteiger partial charge < -0.3 is 4.57 Å². The molecule has 3 rings (SSSR count). The van der Waals surface area contributed by atoms with Crippen molar-refractivity contribution in [3.8, 4) is 11.4 Å². The average Bonchev–Trinajstić information content (AvgIpc) is 2.94. The van der Waals surface area contributed by atoms with Crippen LogP contribution < -0.4 is 0 Å². The quantitative estimate of drug-likeness (QED) is 0.797. The number of nitrogens with zero attached hydrogens (tertiary/aromatic N) is 3. The summed E-state index contributed by atoms with van der Waals surface area (Å²) < 4.78 is 2.05. The number of benzene rings is 1. The van der Waals surface area contributed by atoms with E-state index in [0.717, 1.165) is 17.0 Å². The Bertz CT molecular complexity index is 560. The predicted molar refractivity (Wildman–Crippen MR) is 71.1 cm³/mol. The molecule has 0 spiro atoms. The number of halogens is 1. The summed E-state index contributed by atoms with van der Waals surface area (Å²) in [6.07, 6.45) is 3.71. The molecule has 0 unspecified atom stereocenters. The number of hydrogen-bond acceptors (Lipinski definition) is 2. The molecule has 1 aliphatic carbocycles. The molecule has 4 heteroatoms. The van der Waals surface area contributed by atoms with E-state index in [-0.39, 0.29) is 0 Å². The lowest BCUT2D eigenvalue weighted by atomic mass is 10.1. The maximum absolute atomic E-state index is 4.27. The van der Waals surface area contributed by atoms with Gasteiger partial charge >= 0.3 is 0 Å². The summed E-state index contributed by atoms with van der Waals surface area (Å²) >= 11 is 3.42. The van der Waals surface area contributed by atoms with Crippen molar-refractivity contribution < 1.29 is 0 Å². The summed E-state index contributed by atoms with van der Waals surface area (Å²) in [7, 11) is 2.01. The minimum Gasteiger partial charge on any atom is -0.313 e. The van der Waals surface area contributed by atoms with E-state index in [4.69, 9.17) is 0 Å². The Morgan fingerprint density at radius 3 is 2.82 bits per heavy atom. The normalized spacial score (nSPS) is 14.0. The van der Waals surface area contributed by atoms with Crippen LogP contribution in [0.5, 0.6) is 0 Å². The first-order chi connectivity index (χ1) is 8.29. The van der Waals surface area contributed by atoms with Gasteiger partial charge in [-0.1, -0.05) is 28.1 Å². The number of aromatic nitrogens is 3. The highest BCUT2D eigenvalue weighted by atomic mass is 79.9. The first-order valence-corrected chi connectivity index (χ1v) is 6.98. The molecule has 0 N–H and O–H groups in total. The molecule has 1 aromatic heterocycles. The average molecular weight is 292 g/mol. The molecular formula is C13H14BrN3. The summed E-state index contributed by atoms with van der Waals surface area (Å²) in [5, 5.41) is 9.17. The molecule has 0 saturated heterocycles. The van der Waals surface area contributed by atoms with E-state index < -0.39 is 0 Å². The van der Waals surface area contributed by atoms with E-state index in [1.807, 2.05) is 11.6 Å². The van der Waals surface area contributed by atoms with Crippen molar-refractivity contribution in [1.29, 1.82) is 0 Å². The fourth-order valence-corrected chi connectivity index (χ4v) is 2.93. The molecule has 1 aromatic carbocycles. The molecule has 88 valence electrons. The molecular weight excluding hydrogens is 278 g/mol. The zero-order valence-corrected chi connectivity index (χ0v) is 11.4. The van der Waals surface area contributed by atoms with E-state index in [2.05, 4.69) is 44.3 Å². The molecule has 1 aliphatic rings. The third-order valence-electron chi connectivity index (χ3n) is 3.44. The highest BCUT2D eigenvalue weighted by Crippen LogP contribution is 2.27. The highest BCUT2D eigenvalue weighted by Gasteiger charge is 2.14. The minimum atomic E-state index is 0.738. The number of aryl methyl sites for hydroxylation is 2. The van der Waals surface area contributed by atoms with Crippen molar-refractivity contribution in [2.24, 2.45) is 7.05 Å². The summed E-state index contributed by atoms with van der Waals surface area (Å²) in [6, 6.07) is 6.66. The van der Waals surface area contributed by atoms with Gasteiger partial charge in [-0.25, -0.2) is 0 Å². The highest BCUT2D eigenvalue weighted by molar-refractivity contribution is 9.08. The lowest BCUT2D eigenvalue weighted by Crippen LogP contribution is -1.97. The van der Waals surface area contributed by atoms with Crippen LogP contribution in [-0.4, -0.2) is 14.8 Å². The number of alkyl halides is 1. The zero-order valence-electron chi connectivity index (χ0n) is 9.78. The van der Waals surface area contributed by atoms with E-state index >= 15 is 0 Å². The topological polar surface area (TPSA) is 30.7 Å². The lowest BCUT2D eigenvalue weighted by Gasteiger charge is -2.05. The van der Waals surface area contributed by atoms with Crippen molar-refractivity contribution in [3.63, 3.8) is 0 Å². The molecule has 1 heterocycles. The van der Waals surface area contributed by atoms with Crippen LogP contribution in [0.2, 0.25) is 0 Å². The monoisotopic (exact) mass is 291 g/mol. The maximum Gasteiger partial charge on any atom is 0.163 e. The molecule has 0 atom stereocenters. The molecule has 17 heavy (non-hydrogen) atoms. The smallest absolute Gasteiger partial charge is 0.163 e. The van der Waals surface area contributed by atoms with Gasteiger partial charge in [-0.15, -0.1) is 10.2 Å². The Kier molecular flexibility index (Phi) is 2.74. The molecule has 0 radical (unpaired) electrons. The lowest BCUT2D eigenvalue weighted by molar-refractivity contribution is 0.858. The van der Waals surface area contributed by atoms with Gasteiger partial charge in [0, 0.05) is 12.6 Å². The second-order valence-corrected chi connectivity index (χ2v) is 5.03. The van der Waals surface area contributed by atoms with Crippen LogP contribution in [0.1, 0.15) is 23.4 Å². The minimum absolute atomic E-state index is 0.738. The third-order valence-corrected chi connectivity index (χ3v) is 3.94. The predicted octanol–water partition coefficient (Wildman–Crippen LogP) is 2.87. The van der Waals surface area contributed by atoms with Crippen LogP contribution in [0.3, 0.4) is 0 Å². The van der Waals surface area contributed by atoms with E-state index in [0.29, 0.717) is 0 Å². The fraction of sp³-hybridized carbons (Fsp3) is 0.385. The van der Waals surface area contributed by atoms with Gasteiger partial charge in [-0.05, 0) is 36.5 Å². The summed E-state index contributed by atoms with van der Waals surface area (Å²) in [6.45, 7) is 0. The van der Waals surface area contributed by atoms with Crippen LogP contribution in [0, 0.1) is 0 Å². The Hall–Kier alpha value is -1.16. The zero-order chi connectivity index (χ0) is 11.8. The number of fused-ring (bicyclic) bond motifs is 1. The van der Waals surface area contributed by atoms with Gasteiger partial charge in [0.2, 0.25) is 0 Å². The van der Waals surface area contributed by atoms with Crippen LogP contribution >= 0.6 is 15.9 Å². The molecule has 0 bridgehead atoms. The fourth-order valence-electron chi connectivity index (χ4n) is 2.44. The van der Waals surface area contributed by atoms with Gasteiger partial charge in [0.05, 0.1) is 5.33 Å². The van der Waals surface area contributed by atoms with Gasteiger partial charge in [0.15, 0.2) is 5.82 Å². The summed E-state index contributed by atoms with van der Waals surface area (Å²) in [5.41, 5.74) is 4.15. The third kappa shape index (κ3) is 1.80. The van der Waals surface area contributed by atoms with Crippen LogP contribution in [0.15, 0.2) is 18.2 Å². The van der Waals surface area contributed by atoms with Gasteiger partial charge in [0.1, 0.15) is 5.82 Å². The van der Waals surface area contributed by atoms with Crippen molar-refractivity contribution in [1.82, 2.24) is 14.8 Å². The second-order valence-electron chi connectivity index (χ2n) is 4.47. The van der Waals surface area contributed by atoms with Crippen LogP contribution in [0.25, 0.3) is 11.4 Å². The first-order valence-electron chi connectivity index (χ1n) is 5.86. The van der Waals surface area contributed by atoms with Gasteiger partial charge in [0.25, 0.3) is 0 Å².